The number of aliphatic imine (C=N–C) groups is 1. The van der Waals surface area contributed by atoms with Gasteiger partial charge in [-0.1, -0.05) is 41.6 Å². The summed E-state index contributed by atoms with van der Waals surface area (Å²) in [6.45, 7) is 3.10. The Morgan fingerprint density at radius 2 is 2.39 bits per heavy atom. The third kappa shape index (κ3) is 2.29. The van der Waals surface area contributed by atoms with Gasteiger partial charge >= 0.3 is 0 Å². The summed E-state index contributed by atoms with van der Waals surface area (Å²) in [6.07, 6.45) is 1.01. The average molecular weight is 279 g/mol. The van der Waals surface area contributed by atoms with Crippen LogP contribution in [-0.4, -0.2) is 28.5 Å². The van der Waals surface area contributed by atoms with E-state index < -0.39 is 0 Å². The predicted molar refractivity (Wildman–Crippen MR) is 79.2 cm³/mol. The van der Waals surface area contributed by atoms with E-state index in [0.717, 1.165) is 18.1 Å². The van der Waals surface area contributed by atoms with Gasteiger partial charge in [0.05, 0.1) is 11.9 Å². The van der Waals surface area contributed by atoms with Crippen LogP contribution in [0.25, 0.3) is 0 Å². The molecule has 0 aliphatic carbocycles. The summed E-state index contributed by atoms with van der Waals surface area (Å²) in [5.41, 5.74) is 3.87. The first-order valence-corrected chi connectivity index (χ1v) is 7.50. The van der Waals surface area contributed by atoms with Gasteiger partial charge in [-0.3, -0.25) is 4.99 Å². The molecule has 0 bridgehead atoms. The Hall–Kier alpha value is -0.930. The molecule has 1 unspecified atom stereocenters. The van der Waals surface area contributed by atoms with Crippen LogP contribution >= 0.6 is 23.4 Å². The lowest BCUT2D eigenvalue weighted by Crippen LogP contribution is -2.25. The van der Waals surface area contributed by atoms with E-state index in [1.807, 2.05) is 0 Å². The minimum absolute atomic E-state index is 0.362. The zero-order chi connectivity index (χ0) is 12.5. The number of allylic oxidation sites excluding steroid dienone is 1. The van der Waals surface area contributed by atoms with Crippen molar-refractivity contribution in [3.8, 4) is 0 Å². The maximum absolute atomic E-state index is 5.92. The first-order chi connectivity index (χ1) is 8.76. The van der Waals surface area contributed by atoms with Gasteiger partial charge in [0.2, 0.25) is 0 Å². The Labute approximate surface area is 117 Å². The van der Waals surface area contributed by atoms with Crippen molar-refractivity contribution in [3.05, 3.63) is 46.5 Å². The number of nitrogens with zero attached hydrogens (tertiary/aromatic N) is 2. The van der Waals surface area contributed by atoms with Gasteiger partial charge in [0.1, 0.15) is 0 Å². The summed E-state index contributed by atoms with van der Waals surface area (Å²) in [6, 6.07) is 9.04. The molecule has 0 saturated heterocycles. The standard InChI is InChI=1S/C14H15ClN2S/c1-10-3-2-4-11(5-10)6-12-8-17-13(7-15)9-18-14(17)16-12/h2-5,9,12H,6-8H2,1H3. The van der Waals surface area contributed by atoms with Crippen molar-refractivity contribution in [2.45, 2.75) is 19.4 Å². The lowest BCUT2D eigenvalue weighted by Gasteiger charge is -2.16. The molecule has 2 heterocycles. The molecule has 0 saturated carbocycles. The second-order valence-corrected chi connectivity index (χ2v) is 5.83. The summed E-state index contributed by atoms with van der Waals surface area (Å²) in [7, 11) is 0. The summed E-state index contributed by atoms with van der Waals surface area (Å²) in [4.78, 5) is 7.02. The molecule has 2 nitrogen and oxygen atoms in total. The van der Waals surface area contributed by atoms with Gasteiger partial charge in [-0.25, -0.2) is 0 Å². The van der Waals surface area contributed by atoms with Crippen molar-refractivity contribution in [3.63, 3.8) is 0 Å². The molecule has 1 aromatic rings. The Kier molecular flexibility index (Phi) is 3.35. The first-order valence-electron chi connectivity index (χ1n) is 6.09. The predicted octanol–water partition coefficient (Wildman–Crippen LogP) is 3.40. The Morgan fingerprint density at radius 3 is 3.17 bits per heavy atom. The van der Waals surface area contributed by atoms with Gasteiger partial charge in [-0.2, -0.15) is 0 Å². The van der Waals surface area contributed by atoms with Crippen molar-refractivity contribution < 1.29 is 0 Å². The van der Waals surface area contributed by atoms with E-state index >= 15 is 0 Å². The van der Waals surface area contributed by atoms with Crippen LogP contribution in [0.15, 0.2) is 40.4 Å². The minimum atomic E-state index is 0.362. The molecule has 94 valence electrons. The van der Waals surface area contributed by atoms with Crippen LogP contribution in [0, 0.1) is 6.92 Å². The summed E-state index contributed by atoms with van der Waals surface area (Å²) in [5, 5.41) is 3.22. The van der Waals surface area contributed by atoms with E-state index in [1.54, 1.807) is 11.8 Å². The Morgan fingerprint density at radius 1 is 1.50 bits per heavy atom. The molecule has 18 heavy (non-hydrogen) atoms. The van der Waals surface area contributed by atoms with Crippen LogP contribution < -0.4 is 0 Å². The third-order valence-corrected chi connectivity index (χ3v) is 4.46. The van der Waals surface area contributed by atoms with Crippen LogP contribution in [0.3, 0.4) is 0 Å². The van der Waals surface area contributed by atoms with E-state index in [4.69, 9.17) is 16.6 Å². The summed E-state index contributed by atoms with van der Waals surface area (Å²) < 4.78 is 0. The number of fused-ring (bicyclic) bond motifs is 1. The number of hydrogen-bond acceptors (Lipinski definition) is 3. The topological polar surface area (TPSA) is 15.6 Å². The first kappa shape index (κ1) is 12.1. The van der Waals surface area contributed by atoms with E-state index in [9.17, 15) is 0 Å². The monoisotopic (exact) mass is 278 g/mol. The van der Waals surface area contributed by atoms with Crippen LogP contribution in [0.5, 0.6) is 0 Å². The van der Waals surface area contributed by atoms with Crippen LogP contribution in [0.4, 0.5) is 0 Å². The molecule has 0 aromatic heterocycles. The second-order valence-electron chi connectivity index (χ2n) is 4.73. The van der Waals surface area contributed by atoms with Gasteiger partial charge in [-0.15, -0.1) is 11.6 Å². The summed E-state index contributed by atoms with van der Waals surface area (Å²) in [5.74, 6) is 0.573. The highest BCUT2D eigenvalue weighted by Crippen LogP contribution is 2.32. The molecule has 1 atom stereocenters. The lowest BCUT2D eigenvalue weighted by atomic mass is 10.0. The molecule has 2 aliphatic heterocycles. The highest BCUT2D eigenvalue weighted by molar-refractivity contribution is 8.16. The number of benzene rings is 1. The SMILES string of the molecule is Cc1cccc(CC2CN3C(CCl)=CSC3=N2)c1. The molecule has 0 amide bonds. The second kappa shape index (κ2) is 4.98. The number of halogens is 1. The van der Waals surface area contributed by atoms with Crippen molar-refractivity contribution in [2.75, 3.05) is 12.4 Å². The molecule has 0 N–H and O–H groups in total. The molecular formula is C14H15ClN2S. The van der Waals surface area contributed by atoms with Crippen molar-refractivity contribution in [1.29, 1.82) is 0 Å². The number of alkyl halides is 1. The number of amidine groups is 1. The molecule has 2 aliphatic rings. The number of thioether (sulfide) groups is 1. The molecular weight excluding hydrogens is 264 g/mol. The number of rotatable bonds is 3. The van der Waals surface area contributed by atoms with Gasteiger partial charge in [-0.05, 0) is 24.3 Å². The molecule has 1 aromatic carbocycles. The van der Waals surface area contributed by atoms with Crippen LogP contribution in [-0.2, 0) is 6.42 Å². The fraction of sp³-hybridized carbons (Fsp3) is 0.357. The van der Waals surface area contributed by atoms with Gasteiger partial charge in [0.25, 0.3) is 0 Å². The van der Waals surface area contributed by atoms with E-state index in [-0.39, 0.29) is 0 Å². The number of aryl methyl sites for hydroxylation is 1. The smallest absolute Gasteiger partial charge is 0.168 e. The van der Waals surface area contributed by atoms with Crippen LogP contribution in [0.2, 0.25) is 0 Å². The highest BCUT2D eigenvalue weighted by Gasteiger charge is 2.31. The van der Waals surface area contributed by atoms with E-state index in [0.29, 0.717) is 11.9 Å². The fourth-order valence-electron chi connectivity index (χ4n) is 2.40. The molecule has 3 rings (SSSR count). The fourth-order valence-corrected chi connectivity index (χ4v) is 3.69. The number of hydrogen-bond donors (Lipinski definition) is 0. The van der Waals surface area contributed by atoms with Gasteiger partial charge < -0.3 is 4.90 Å². The zero-order valence-electron chi connectivity index (χ0n) is 10.3. The maximum Gasteiger partial charge on any atom is 0.168 e. The average Bonchev–Trinajstić information content (AvgIpc) is 2.88. The quantitative estimate of drug-likeness (QED) is 0.788. The van der Waals surface area contributed by atoms with Crippen molar-refractivity contribution in [1.82, 2.24) is 4.90 Å². The minimum Gasteiger partial charge on any atom is -0.321 e. The summed E-state index contributed by atoms with van der Waals surface area (Å²) >= 11 is 7.62. The molecule has 0 fully saturated rings. The van der Waals surface area contributed by atoms with E-state index in [2.05, 4.69) is 41.5 Å². The largest absolute Gasteiger partial charge is 0.321 e. The molecule has 0 spiro atoms. The van der Waals surface area contributed by atoms with E-state index in [1.165, 1.54) is 16.8 Å². The van der Waals surface area contributed by atoms with Crippen molar-refractivity contribution in [2.24, 2.45) is 4.99 Å². The molecule has 4 heteroatoms. The van der Waals surface area contributed by atoms with Crippen molar-refractivity contribution >= 4 is 28.5 Å². The zero-order valence-corrected chi connectivity index (χ0v) is 11.8. The molecule has 0 radical (unpaired) electrons. The lowest BCUT2D eigenvalue weighted by molar-refractivity contribution is 0.511. The Bertz CT molecular complexity index is 524. The normalized spacial score (nSPS) is 21.9. The van der Waals surface area contributed by atoms with Crippen LogP contribution in [0.1, 0.15) is 11.1 Å². The highest BCUT2D eigenvalue weighted by atomic mass is 35.5. The Balaban J connectivity index is 1.69. The van der Waals surface area contributed by atoms with Gasteiger partial charge in [0, 0.05) is 12.2 Å². The maximum atomic E-state index is 5.92. The van der Waals surface area contributed by atoms with Gasteiger partial charge in [0.15, 0.2) is 5.17 Å². The third-order valence-electron chi connectivity index (χ3n) is 3.26.